The van der Waals surface area contributed by atoms with Crippen molar-refractivity contribution in [1.29, 1.82) is 0 Å². The number of rotatable bonds is 7. The predicted octanol–water partition coefficient (Wildman–Crippen LogP) is 4.12. The molecule has 0 aliphatic heterocycles. The molecule has 0 saturated heterocycles. The maximum atomic E-state index is 12.6. The Balaban J connectivity index is 1.69. The van der Waals surface area contributed by atoms with Gasteiger partial charge in [0.2, 0.25) is 5.13 Å². The van der Waals surface area contributed by atoms with Crippen LogP contribution in [0.2, 0.25) is 0 Å². The minimum Gasteiger partial charge on any atom is -0.497 e. The molecule has 140 valence electrons. The largest absolute Gasteiger partial charge is 0.497 e. The van der Waals surface area contributed by atoms with E-state index in [9.17, 15) is 4.79 Å². The van der Waals surface area contributed by atoms with Gasteiger partial charge in [0.1, 0.15) is 16.5 Å². The molecule has 0 unspecified atom stereocenters. The summed E-state index contributed by atoms with van der Waals surface area (Å²) in [6.07, 6.45) is 2.61. The first-order valence-corrected chi connectivity index (χ1v) is 10.2. The van der Waals surface area contributed by atoms with Crippen LogP contribution in [0.4, 0.5) is 5.13 Å². The molecule has 0 saturated carbocycles. The first-order chi connectivity index (χ1) is 13.1. The summed E-state index contributed by atoms with van der Waals surface area (Å²) in [5, 5.41) is 12.3. The number of methoxy groups -OCH3 is 2. The van der Waals surface area contributed by atoms with Crippen molar-refractivity contribution < 1.29 is 14.3 Å². The topological polar surface area (TPSA) is 73.3 Å². The van der Waals surface area contributed by atoms with E-state index in [1.165, 1.54) is 11.3 Å². The number of hydrogen-bond acceptors (Lipinski definition) is 7. The van der Waals surface area contributed by atoms with Crippen molar-refractivity contribution in [3.8, 4) is 11.5 Å². The fraction of sp³-hybridized carbons (Fsp3) is 0.211. The van der Waals surface area contributed by atoms with Crippen molar-refractivity contribution >= 4 is 34.1 Å². The van der Waals surface area contributed by atoms with E-state index in [2.05, 4.69) is 15.5 Å². The highest BCUT2D eigenvalue weighted by Crippen LogP contribution is 2.27. The average Bonchev–Trinajstić information content (AvgIpc) is 3.14. The molecule has 27 heavy (non-hydrogen) atoms. The highest BCUT2D eigenvalue weighted by atomic mass is 32.2. The summed E-state index contributed by atoms with van der Waals surface area (Å²) in [6, 6.07) is 13.3. The summed E-state index contributed by atoms with van der Waals surface area (Å²) in [5.41, 5.74) is 1.56. The summed E-state index contributed by atoms with van der Waals surface area (Å²) in [4.78, 5) is 13.6. The van der Waals surface area contributed by atoms with Crippen LogP contribution in [-0.2, 0) is 6.42 Å². The molecular weight excluding hydrogens is 382 g/mol. The molecule has 0 spiro atoms. The molecule has 0 aliphatic rings. The number of ether oxygens (including phenoxy) is 2. The Bertz CT molecular complexity index is 926. The number of amides is 1. The second-order valence-electron chi connectivity index (χ2n) is 5.55. The summed E-state index contributed by atoms with van der Waals surface area (Å²) < 4.78 is 10.5. The predicted molar refractivity (Wildman–Crippen MR) is 108 cm³/mol. The quantitative estimate of drug-likeness (QED) is 0.601. The van der Waals surface area contributed by atoms with Gasteiger partial charge in [-0.2, -0.15) is 0 Å². The van der Waals surface area contributed by atoms with Gasteiger partial charge in [0.15, 0.2) is 0 Å². The van der Waals surface area contributed by atoms with Crippen LogP contribution in [0.3, 0.4) is 0 Å². The first-order valence-electron chi connectivity index (χ1n) is 8.11. The Labute approximate surface area is 165 Å². The maximum absolute atomic E-state index is 12.6. The molecule has 0 atom stereocenters. The molecular formula is C19H19N3O3S2. The maximum Gasteiger partial charge on any atom is 0.261 e. The van der Waals surface area contributed by atoms with E-state index in [0.717, 1.165) is 21.2 Å². The van der Waals surface area contributed by atoms with Crippen molar-refractivity contribution in [2.24, 2.45) is 0 Å². The number of thioether (sulfide) groups is 1. The van der Waals surface area contributed by atoms with Gasteiger partial charge in [-0.25, -0.2) is 0 Å². The van der Waals surface area contributed by atoms with Gasteiger partial charge in [-0.05, 0) is 42.2 Å². The number of anilines is 1. The SMILES string of the molecule is COc1ccc(Cc2nnc(NC(=O)c3ccc(SC)cc3OC)s2)cc1. The molecule has 0 radical (unpaired) electrons. The van der Waals surface area contributed by atoms with E-state index in [1.54, 1.807) is 32.0 Å². The Hall–Kier alpha value is -2.58. The highest BCUT2D eigenvalue weighted by Gasteiger charge is 2.15. The van der Waals surface area contributed by atoms with Gasteiger partial charge in [-0.1, -0.05) is 23.5 Å². The minimum atomic E-state index is -0.272. The third-order valence-corrected chi connectivity index (χ3v) is 5.42. The number of hydrogen-bond donors (Lipinski definition) is 1. The number of nitrogens with one attached hydrogen (secondary N) is 1. The van der Waals surface area contributed by atoms with Gasteiger partial charge in [0.25, 0.3) is 5.91 Å². The molecule has 0 aliphatic carbocycles. The second kappa shape index (κ2) is 8.88. The summed E-state index contributed by atoms with van der Waals surface area (Å²) in [5.74, 6) is 1.07. The van der Waals surface area contributed by atoms with E-state index in [1.807, 2.05) is 42.7 Å². The van der Waals surface area contributed by atoms with E-state index in [4.69, 9.17) is 9.47 Å². The van der Waals surface area contributed by atoms with Crippen LogP contribution in [-0.4, -0.2) is 36.6 Å². The standard InChI is InChI=1S/C19H19N3O3S2/c1-24-13-6-4-12(5-7-13)10-17-21-22-19(27-17)20-18(23)15-9-8-14(26-3)11-16(15)25-2/h4-9,11H,10H2,1-3H3,(H,20,22,23). The van der Waals surface area contributed by atoms with Gasteiger partial charge in [0.05, 0.1) is 19.8 Å². The molecule has 3 rings (SSSR count). The second-order valence-corrected chi connectivity index (χ2v) is 7.49. The Morgan fingerprint density at radius 1 is 1.11 bits per heavy atom. The number of aromatic nitrogens is 2. The van der Waals surface area contributed by atoms with Crippen LogP contribution in [0.5, 0.6) is 11.5 Å². The molecule has 1 heterocycles. The van der Waals surface area contributed by atoms with Crippen molar-refractivity contribution in [2.45, 2.75) is 11.3 Å². The summed E-state index contributed by atoms with van der Waals surface area (Å²) >= 11 is 2.94. The number of nitrogens with zero attached hydrogens (tertiary/aromatic N) is 2. The van der Waals surface area contributed by atoms with Gasteiger partial charge >= 0.3 is 0 Å². The van der Waals surface area contributed by atoms with E-state index >= 15 is 0 Å². The zero-order valence-electron chi connectivity index (χ0n) is 15.2. The van der Waals surface area contributed by atoms with E-state index < -0.39 is 0 Å². The molecule has 1 aromatic heterocycles. The Morgan fingerprint density at radius 2 is 1.89 bits per heavy atom. The van der Waals surface area contributed by atoms with Crippen molar-refractivity contribution in [2.75, 3.05) is 25.8 Å². The van der Waals surface area contributed by atoms with E-state index in [0.29, 0.717) is 22.9 Å². The normalized spacial score (nSPS) is 10.5. The molecule has 8 heteroatoms. The summed E-state index contributed by atoms with van der Waals surface area (Å²) in [6.45, 7) is 0. The number of carbonyl (C=O) groups is 1. The lowest BCUT2D eigenvalue weighted by Crippen LogP contribution is -2.13. The number of carbonyl (C=O) groups excluding carboxylic acids is 1. The van der Waals surface area contributed by atoms with Crippen LogP contribution < -0.4 is 14.8 Å². The highest BCUT2D eigenvalue weighted by molar-refractivity contribution is 7.98. The van der Waals surface area contributed by atoms with Crippen molar-refractivity contribution in [3.63, 3.8) is 0 Å². The van der Waals surface area contributed by atoms with Gasteiger partial charge in [-0.3, -0.25) is 10.1 Å². The van der Waals surface area contributed by atoms with Gasteiger partial charge < -0.3 is 9.47 Å². The van der Waals surface area contributed by atoms with Gasteiger partial charge in [0, 0.05) is 11.3 Å². The zero-order valence-corrected chi connectivity index (χ0v) is 16.8. The van der Waals surface area contributed by atoms with Crippen LogP contribution in [0.1, 0.15) is 20.9 Å². The fourth-order valence-corrected chi connectivity index (χ4v) is 3.64. The lowest BCUT2D eigenvalue weighted by atomic mass is 10.1. The minimum absolute atomic E-state index is 0.272. The van der Waals surface area contributed by atoms with Crippen molar-refractivity contribution in [3.05, 3.63) is 58.6 Å². The fourth-order valence-electron chi connectivity index (χ4n) is 2.44. The van der Waals surface area contributed by atoms with Gasteiger partial charge in [-0.15, -0.1) is 22.0 Å². The Kier molecular flexibility index (Phi) is 6.31. The molecule has 6 nitrogen and oxygen atoms in total. The number of benzene rings is 2. The molecule has 1 N–H and O–H groups in total. The van der Waals surface area contributed by atoms with Crippen LogP contribution in [0.15, 0.2) is 47.4 Å². The monoisotopic (exact) mass is 401 g/mol. The van der Waals surface area contributed by atoms with Crippen LogP contribution >= 0.6 is 23.1 Å². The molecule has 0 bridgehead atoms. The van der Waals surface area contributed by atoms with Crippen LogP contribution in [0, 0.1) is 0 Å². The first kappa shape index (κ1) is 19.2. The third kappa shape index (κ3) is 4.78. The van der Waals surface area contributed by atoms with Crippen LogP contribution in [0.25, 0.3) is 0 Å². The average molecular weight is 402 g/mol. The molecule has 2 aromatic carbocycles. The summed E-state index contributed by atoms with van der Waals surface area (Å²) in [7, 11) is 3.19. The Morgan fingerprint density at radius 3 is 2.56 bits per heavy atom. The lowest BCUT2D eigenvalue weighted by Gasteiger charge is -2.09. The molecule has 0 fully saturated rings. The smallest absolute Gasteiger partial charge is 0.261 e. The zero-order chi connectivity index (χ0) is 19.2. The van der Waals surface area contributed by atoms with Crippen molar-refractivity contribution in [1.82, 2.24) is 10.2 Å². The van der Waals surface area contributed by atoms with E-state index in [-0.39, 0.29) is 5.91 Å². The lowest BCUT2D eigenvalue weighted by molar-refractivity contribution is 0.102. The molecule has 1 amide bonds. The molecule has 3 aromatic rings. The third-order valence-electron chi connectivity index (χ3n) is 3.86.